The van der Waals surface area contributed by atoms with Crippen molar-refractivity contribution in [2.24, 2.45) is 11.8 Å². The van der Waals surface area contributed by atoms with Crippen molar-refractivity contribution in [3.05, 3.63) is 0 Å². The Morgan fingerprint density at radius 3 is 1.36 bits per heavy atom. The van der Waals surface area contributed by atoms with Gasteiger partial charge in [0.15, 0.2) is 0 Å². The Hall–Kier alpha value is -3.34. The van der Waals surface area contributed by atoms with E-state index in [1.54, 1.807) is 13.8 Å². The predicted octanol–water partition coefficient (Wildman–Crippen LogP) is -3.70. The minimum Gasteiger partial charge on any atom is -0.358 e. The lowest BCUT2D eigenvalue weighted by atomic mass is 10.0. The van der Waals surface area contributed by atoms with Crippen LogP contribution in [0.25, 0.3) is 0 Å². The van der Waals surface area contributed by atoms with Crippen LogP contribution in [0, 0.1) is 11.8 Å². The predicted molar refractivity (Wildman–Crippen MR) is 119 cm³/mol. The van der Waals surface area contributed by atoms with Crippen LogP contribution in [0.1, 0.15) is 27.7 Å². The molecular weight excluding hydrogens is 484 g/mol. The third-order valence-corrected chi connectivity index (χ3v) is 5.25. The quantitative estimate of drug-likeness (QED) is 0.132. The van der Waals surface area contributed by atoms with Crippen LogP contribution in [-0.4, -0.2) is 96.5 Å². The summed E-state index contributed by atoms with van der Waals surface area (Å²) in [4.78, 5) is 69.0. The van der Waals surface area contributed by atoms with Gasteiger partial charge in [0.05, 0.1) is 11.8 Å². The molecule has 2 aliphatic rings. The van der Waals surface area contributed by atoms with Crippen LogP contribution in [0.5, 0.6) is 0 Å². The molecule has 16 nitrogen and oxygen atoms in total. The van der Waals surface area contributed by atoms with E-state index in [1.807, 2.05) is 0 Å². The van der Waals surface area contributed by atoms with Crippen molar-refractivity contribution in [2.75, 3.05) is 26.3 Å². The summed E-state index contributed by atoms with van der Waals surface area (Å²) < 4.78 is 10.1. The highest BCUT2D eigenvalue weighted by atomic mass is 16.5. The zero-order valence-electron chi connectivity index (χ0n) is 20.5. The van der Waals surface area contributed by atoms with Gasteiger partial charge in [-0.1, -0.05) is 13.8 Å². The number of carbonyl (C=O) groups excluding carboxylic acids is 6. The normalized spacial score (nSPS) is 30.1. The van der Waals surface area contributed by atoms with Crippen molar-refractivity contribution in [2.45, 2.75) is 52.0 Å². The second kappa shape index (κ2) is 14.9. The van der Waals surface area contributed by atoms with E-state index in [-0.39, 0.29) is 62.0 Å². The van der Waals surface area contributed by atoms with Gasteiger partial charge in [-0.15, -0.1) is 0 Å². The minimum atomic E-state index is -1.22. The molecule has 0 bridgehead atoms. The van der Waals surface area contributed by atoms with Gasteiger partial charge in [0.2, 0.25) is 23.6 Å². The summed E-state index contributed by atoms with van der Waals surface area (Å²) in [5.74, 6) is -4.89. The molecule has 2 saturated heterocycles. The molecule has 16 heteroatoms. The lowest BCUT2D eigenvalue weighted by Gasteiger charge is -2.25. The van der Waals surface area contributed by atoms with E-state index >= 15 is 0 Å². The van der Waals surface area contributed by atoms with Crippen molar-refractivity contribution < 1.29 is 48.7 Å². The third kappa shape index (κ3) is 9.73. The van der Waals surface area contributed by atoms with Gasteiger partial charge < -0.3 is 30.7 Å². The second-order valence-electron chi connectivity index (χ2n) is 8.42. The van der Waals surface area contributed by atoms with E-state index < -0.39 is 35.9 Å². The summed E-state index contributed by atoms with van der Waals surface area (Å²) in [7, 11) is 0. The van der Waals surface area contributed by atoms with Crippen molar-refractivity contribution in [3.8, 4) is 0 Å². The zero-order chi connectivity index (χ0) is 27.4. The fourth-order valence-electron chi connectivity index (χ4n) is 3.11. The molecule has 36 heavy (non-hydrogen) atoms. The molecule has 8 N–H and O–H groups in total. The molecule has 0 spiro atoms. The zero-order valence-corrected chi connectivity index (χ0v) is 20.5. The van der Waals surface area contributed by atoms with Crippen LogP contribution >= 0.6 is 0 Å². The fraction of sp³-hybridized carbons (Fsp3) is 0.700. The second-order valence-corrected chi connectivity index (χ2v) is 8.42. The van der Waals surface area contributed by atoms with Crippen molar-refractivity contribution in [3.63, 3.8) is 0 Å². The van der Waals surface area contributed by atoms with Crippen LogP contribution in [0.4, 0.5) is 0 Å². The first-order chi connectivity index (χ1) is 16.9. The lowest BCUT2D eigenvalue weighted by molar-refractivity contribution is -0.153. The fourth-order valence-corrected chi connectivity index (χ4v) is 3.11. The Morgan fingerprint density at radius 2 is 1.06 bits per heavy atom. The molecule has 0 aliphatic carbocycles. The average Bonchev–Trinajstić information content (AvgIpc) is 2.84. The molecule has 0 aromatic heterocycles. The summed E-state index contributed by atoms with van der Waals surface area (Å²) in [6, 6.07) is -0.500. The van der Waals surface area contributed by atoms with Crippen LogP contribution in [-0.2, 0) is 38.2 Å². The minimum absolute atomic E-state index is 0.250. The maximum atomic E-state index is 11.8. The van der Waals surface area contributed by atoms with E-state index in [0.717, 1.165) is 0 Å². The van der Waals surface area contributed by atoms with Crippen LogP contribution in [0.2, 0.25) is 0 Å². The highest BCUT2D eigenvalue weighted by molar-refractivity contribution is 5.90. The van der Waals surface area contributed by atoms with Gasteiger partial charge in [0.25, 0.3) is 11.8 Å². The van der Waals surface area contributed by atoms with E-state index in [1.165, 1.54) is 24.8 Å². The SMILES string of the molecule is CC1CNC(=O)COC(C(=O)NO)C(C)C(=O)N1.CC1CNC(=O)COC(C(=O)NO)C(C)C(=O)N1. The molecule has 0 radical (unpaired) electrons. The van der Waals surface area contributed by atoms with E-state index in [9.17, 15) is 28.8 Å². The van der Waals surface area contributed by atoms with Gasteiger partial charge in [-0.2, -0.15) is 0 Å². The first kappa shape index (κ1) is 30.7. The molecule has 2 fully saturated rings. The van der Waals surface area contributed by atoms with E-state index in [2.05, 4.69) is 21.3 Å². The van der Waals surface area contributed by atoms with Gasteiger partial charge in [-0.05, 0) is 13.8 Å². The van der Waals surface area contributed by atoms with E-state index in [4.69, 9.17) is 19.9 Å². The van der Waals surface area contributed by atoms with Crippen LogP contribution < -0.4 is 32.2 Å². The Labute approximate surface area is 207 Å². The molecule has 6 amide bonds. The van der Waals surface area contributed by atoms with Gasteiger partial charge >= 0.3 is 0 Å². The van der Waals surface area contributed by atoms with E-state index in [0.29, 0.717) is 0 Å². The molecule has 2 rings (SSSR count). The summed E-state index contributed by atoms with van der Waals surface area (Å²) >= 11 is 0. The third-order valence-electron chi connectivity index (χ3n) is 5.25. The van der Waals surface area contributed by atoms with Crippen LogP contribution in [0.3, 0.4) is 0 Å². The number of amides is 6. The molecule has 0 saturated carbocycles. The Bertz CT molecular complexity index is 759. The van der Waals surface area contributed by atoms with Crippen LogP contribution in [0.15, 0.2) is 0 Å². The summed E-state index contributed by atoms with van der Waals surface area (Å²) in [5.41, 5.74) is 2.84. The largest absolute Gasteiger partial charge is 0.358 e. The first-order valence-corrected chi connectivity index (χ1v) is 11.2. The number of hydrogen-bond acceptors (Lipinski definition) is 10. The number of nitrogens with one attached hydrogen (secondary N) is 6. The molecule has 2 heterocycles. The van der Waals surface area contributed by atoms with Crippen molar-refractivity contribution in [1.82, 2.24) is 32.2 Å². The lowest BCUT2D eigenvalue weighted by Crippen LogP contribution is -2.52. The summed E-state index contributed by atoms with van der Waals surface area (Å²) in [5, 5.41) is 27.5. The number of rotatable bonds is 2. The van der Waals surface area contributed by atoms with Gasteiger partial charge in [-0.25, -0.2) is 11.0 Å². The van der Waals surface area contributed by atoms with Gasteiger partial charge in [-0.3, -0.25) is 39.2 Å². The van der Waals surface area contributed by atoms with Gasteiger partial charge in [0, 0.05) is 25.2 Å². The van der Waals surface area contributed by atoms with Crippen molar-refractivity contribution >= 4 is 35.4 Å². The maximum Gasteiger partial charge on any atom is 0.273 e. The maximum absolute atomic E-state index is 11.8. The topological polar surface area (TPSA) is 234 Å². The molecular formula is C20H34N6O10. The molecule has 6 atom stereocenters. The highest BCUT2D eigenvalue weighted by Crippen LogP contribution is 2.11. The number of hydrogen-bond donors (Lipinski definition) is 8. The molecule has 0 aromatic carbocycles. The Kier molecular flexibility index (Phi) is 12.7. The number of ether oxygens (including phenoxy) is 2. The summed E-state index contributed by atoms with van der Waals surface area (Å²) in [6.07, 6.45) is -2.43. The number of hydroxylamine groups is 2. The molecule has 2 aliphatic heterocycles. The Morgan fingerprint density at radius 1 is 0.722 bits per heavy atom. The van der Waals surface area contributed by atoms with Crippen molar-refractivity contribution in [1.29, 1.82) is 0 Å². The monoisotopic (exact) mass is 518 g/mol. The smallest absolute Gasteiger partial charge is 0.273 e. The molecule has 6 unspecified atom stereocenters. The summed E-state index contributed by atoms with van der Waals surface area (Å²) in [6.45, 7) is 6.33. The highest BCUT2D eigenvalue weighted by Gasteiger charge is 2.34. The number of carbonyl (C=O) groups is 6. The molecule has 204 valence electrons. The standard InChI is InChI=1S/2C10H17N3O5/c2*1-5-3-11-7(14)4-18-8(10(16)13-17)6(2)9(15)12-5/h2*5-6,8,17H,3-4H2,1-2H3,(H,11,14)(H,12,15)(H,13,16). The Balaban J connectivity index is 0.000000360. The first-order valence-electron chi connectivity index (χ1n) is 11.2. The molecule has 0 aromatic rings. The average molecular weight is 519 g/mol. The van der Waals surface area contributed by atoms with Gasteiger partial charge in [0.1, 0.15) is 25.4 Å².